The molecule has 1 aromatic heterocycles. The predicted octanol–water partition coefficient (Wildman–Crippen LogP) is -0.0661. The molecule has 0 unspecified atom stereocenters. The second-order valence-electron chi connectivity index (χ2n) is 4.46. The van der Waals surface area contributed by atoms with Gasteiger partial charge in [0, 0.05) is 32.1 Å². The van der Waals surface area contributed by atoms with Crippen molar-refractivity contribution in [3.05, 3.63) is 41.7 Å². The Bertz CT molecular complexity index is 729. The molecular weight excluding hydrogens is 297 g/mol. The molecule has 0 atom stereocenters. The molecule has 0 radical (unpaired) electrons. The summed E-state index contributed by atoms with van der Waals surface area (Å²) in [6.45, 7) is 0.109. The van der Waals surface area contributed by atoms with Crippen LogP contribution >= 0.6 is 0 Å². The molecule has 0 saturated carbocycles. The van der Waals surface area contributed by atoms with Crippen LogP contribution in [-0.2, 0) is 30.0 Å². The first kappa shape index (κ1) is 15.5. The Balaban J connectivity index is 2.06. The fourth-order valence-electron chi connectivity index (χ4n) is 1.79. The molecule has 21 heavy (non-hydrogen) atoms. The first-order valence-corrected chi connectivity index (χ1v) is 7.73. The summed E-state index contributed by atoms with van der Waals surface area (Å²) < 4.78 is 41.7. The quantitative estimate of drug-likeness (QED) is 0.777. The van der Waals surface area contributed by atoms with E-state index in [0.29, 0.717) is 12.2 Å². The van der Waals surface area contributed by atoms with Crippen molar-refractivity contribution >= 4 is 10.0 Å². The van der Waals surface area contributed by atoms with Crippen LogP contribution in [0.25, 0.3) is 0 Å². The third-order valence-corrected chi connectivity index (χ3v) is 4.45. The van der Waals surface area contributed by atoms with Gasteiger partial charge < -0.3 is 10.3 Å². The van der Waals surface area contributed by atoms with Gasteiger partial charge in [0.25, 0.3) is 0 Å². The fourth-order valence-corrected chi connectivity index (χ4v) is 2.87. The SMILES string of the molecule is Cn1cnnc1CCNS(=O)(=O)c1ccc(F)c(CN)c1. The Morgan fingerprint density at radius 2 is 2.19 bits per heavy atom. The number of rotatable bonds is 6. The van der Waals surface area contributed by atoms with E-state index in [1.54, 1.807) is 11.6 Å². The molecule has 0 bridgehead atoms. The summed E-state index contributed by atoms with van der Waals surface area (Å²) >= 11 is 0. The van der Waals surface area contributed by atoms with Crippen molar-refractivity contribution in [1.29, 1.82) is 0 Å². The molecule has 0 saturated heterocycles. The summed E-state index contributed by atoms with van der Waals surface area (Å²) in [7, 11) is -1.93. The summed E-state index contributed by atoms with van der Waals surface area (Å²) in [6, 6.07) is 3.54. The summed E-state index contributed by atoms with van der Waals surface area (Å²) in [6.07, 6.45) is 1.94. The van der Waals surface area contributed by atoms with Crippen molar-refractivity contribution in [1.82, 2.24) is 19.5 Å². The van der Waals surface area contributed by atoms with Crippen LogP contribution in [0.15, 0.2) is 29.4 Å². The first-order valence-electron chi connectivity index (χ1n) is 6.25. The van der Waals surface area contributed by atoms with E-state index in [9.17, 15) is 12.8 Å². The van der Waals surface area contributed by atoms with Crippen molar-refractivity contribution in [2.75, 3.05) is 6.54 Å². The second-order valence-corrected chi connectivity index (χ2v) is 6.23. The maximum absolute atomic E-state index is 13.3. The summed E-state index contributed by atoms with van der Waals surface area (Å²) in [4.78, 5) is -0.0117. The normalized spacial score (nSPS) is 11.8. The van der Waals surface area contributed by atoms with Crippen molar-refractivity contribution in [2.45, 2.75) is 17.9 Å². The van der Waals surface area contributed by atoms with Crippen molar-refractivity contribution in [2.24, 2.45) is 12.8 Å². The highest BCUT2D eigenvalue weighted by molar-refractivity contribution is 7.89. The Morgan fingerprint density at radius 3 is 2.81 bits per heavy atom. The molecule has 0 spiro atoms. The molecule has 1 heterocycles. The number of benzene rings is 1. The molecule has 0 aliphatic carbocycles. The minimum absolute atomic E-state index is 0.0117. The van der Waals surface area contributed by atoms with Crippen LogP contribution in [0.4, 0.5) is 4.39 Å². The lowest BCUT2D eigenvalue weighted by molar-refractivity contribution is 0.578. The van der Waals surface area contributed by atoms with E-state index < -0.39 is 15.8 Å². The van der Waals surface area contributed by atoms with Crippen molar-refractivity contribution in [3.63, 3.8) is 0 Å². The summed E-state index contributed by atoms with van der Waals surface area (Å²) in [5.41, 5.74) is 5.53. The average molecular weight is 313 g/mol. The van der Waals surface area contributed by atoms with E-state index in [1.165, 1.54) is 18.5 Å². The van der Waals surface area contributed by atoms with Crippen LogP contribution in [0, 0.1) is 5.82 Å². The molecule has 0 aliphatic heterocycles. The molecular formula is C12H16FN5O2S. The zero-order valence-corrected chi connectivity index (χ0v) is 12.3. The lowest BCUT2D eigenvalue weighted by Gasteiger charge is -2.08. The lowest BCUT2D eigenvalue weighted by Crippen LogP contribution is -2.27. The standard InChI is InChI=1S/C12H16FN5O2S/c1-18-8-15-17-12(18)4-5-16-21(19,20)10-2-3-11(13)9(6-10)7-14/h2-3,6,8,16H,4-5,7,14H2,1H3. The van der Waals surface area contributed by atoms with Crippen LogP contribution < -0.4 is 10.5 Å². The minimum Gasteiger partial charge on any atom is -0.326 e. The molecule has 7 nitrogen and oxygen atoms in total. The number of hydrogen-bond acceptors (Lipinski definition) is 5. The summed E-state index contributed by atoms with van der Waals surface area (Å²) in [5.74, 6) is 0.148. The van der Waals surface area contributed by atoms with Gasteiger partial charge in [-0.25, -0.2) is 17.5 Å². The van der Waals surface area contributed by atoms with Gasteiger partial charge >= 0.3 is 0 Å². The molecule has 2 aromatic rings. The zero-order chi connectivity index (χ0) is 15.5. The van der Waals surface area contributed by atoms with E-state index in [1.807, 2.05) is 0 Å². The van der Waals surface area contributed by atoms with Gasteiger partial charge in [-0.2, -0.15) is 0 Å². The maximum atomic E-state index is 13.3. The summed E-state index contributed by atoms with van der Waals surface area (Å²) in [5, 5.41) is 7.57. The van der Waals surface area contributed by atoms with Crippen LogP contribution in [0.2, 0.25) is 0 Å². The highest BCUT2D eigenvalue weighted by atomic mass is 32.2. The smallest absolute Gasteiger partial charge is 0.240 e. The number of nitrogens with two attached hydrogens (primary N) is 1. The fraction of sp³-hybridized carbons (Fsp3) is 0.333. The van der Waals surface area contributed by atoms with Crippen LogP contribution in [0.1, 0.15) is 11.4 Å². The minimum atomic E-state index is -3.71. The highest BCUT2D eigenvalue weighted by Gasteiger charge is 2.15. The monoisotopic (exact) mass is 313 g/mol. The van der Waals surface area contributed by atoms with Crippen LogP contribution in [-0.4, -0.2) is 29.7 Å². The second kappa shape index (κ2) is 6.29. The van der Waals surface area contributed by atoms with Gasteiger partial charge in [0.1, 0.15) is 18.0 Å². The highest BCUT2D eigenvalue weighted by Crippen LogP contribution is 2.14. The van der Waals surface area contributed by atoms with Gasteiger partial charge in [0.2, 0.25) is 10.0 Å². The molecule has 1 aromatic carbocycles. The van der Waals surface area contributed by atoms with Gasteiger partial charge in [0.15, 0.2) is 0 Å². The number of aryl methyl sites for hydroxylation is 1. The van der Waals surface area contributed by atoms with Gasteiger partial charge in [-0.1, -0.05) is 0 Å². The van der Waals surface area contributed by atoms with Gasteiger partial charge in [-0.15, -0.1) is 10.2 Å². The molecule has 0 aliphatic rings. The Labute approximate surface area is 122 Å². The topological polar surface area (TPSA) is 103 Å². The Hall–Kier alpha value is -1.84. The van der Waals surface area contributed by atoms with Crippen molar-refractivity contribution < 1.29 is 12.8 Å². The molecule has 9 heteroatoms. The number of nitrogens with zero attached hydrogens (tertiary/aromatic N) is 3. The van der Waals surface area contributed by atoms with E-state index in [4.69, 9.17) is 5.73 Å². The van der Waals surface area contributed by atoms with E-state index in [0.717, 1.165) is 6.07 Å². The first-order chi connectivity index (χ1) is 9.94. The number of nitrogens with one attached hydrogen (secondary N) is 1. The number of hydrogen-bond donors (Lipinski definition) is 2. The number of aromatic nitrogens is 3. The maximum Gasteiger partial charge on any atom is 0.240 e. The van der Waals surface area contributed by atoms with E-state index >= 15 is 0 Å². The largest absolute Gasteiger partial charge is 0.326 e. The lowest BCUT2D eigenvalue weighted by atomic mass is 10.2. The van der Waals surface area contributed by atoms with Crippen LogP contribution in [0.5, 0.6) is 0 Å². The van der Waals surface area contributed by atoms with Gasteiger partial charge in [0.05, 0.1) is 4.90 Å². The van der Waals surface area contributed by atoms with Gasteiger partial charge in [-0.3, -0.25) is 0 Å². The third kappa shape index (κ3) is 3.63. The average Bonchev–Trinajstić information content (AvgIpc) is 2.84. The number of sulfonamides is 1. The molecule has 3 N–H and O–H groups in total. The zero-order valence-electron chi connectivity index (χ0n) is 11.5. The number of halogens is 1. The Kier molecular flexibility index (Phi) is 4.66. The Morgan fingerprint density at radius 1 is 1.43 bits per heavy atom. The molecule has 0 amide bonds. The van der Waals surface area contributed by atoms with E-state index in [-0.39, 0.29) is 23.5 Å². The molecule has 0 fully saturated rings. The van der Waals surface area contributed by atoms with Gasteiger partial charge in [-0.05, 0) is 18.2 Å². The molecule has 2 rings (SSSR count). The van der Waals surface area contributed by atoms with E-state index in [2.05, 4.69) is 14.9 Å². The van der Waals surface area contributed by atoms with Crippen LogP contribution in [0.3, 0.4) is 0 Å². The predicted molar refractivity (Wildman–Crippen MR) is 74.2 cm³/mol. The third-order valence-electron chi connectivity index (χ3n) is 2.99. The van der Waals surface area contributed by atoms with Crippen molar-refractivity contribution in [3.8, 4) is 0 Å². The molecule has 114 valence electrons.